The van der Waals surface area contributed by atoms with Gasteiger partial charge in [-0.25, -0.2) is 13.2 Å². The first-order valence-electron chi connectivity index (χ1n) is 6.33. The molecule has 1 atom stereocenters. The minimum absolute atomic E-state index is 0.213. The maximum atomic E-state index is 14.0. The summed E-state index contributed by atoms with van der Waals surface area (Å²) < 4.78 is 40.7. The van der Waals surface area contributed by atoms with Crippen LogP contribution in [-0.2, 0) is 0 Å². The van der Waals surface area contributed by atoms with Gasteiger partial charge in [0.2, 0.25) is 0 Å². The van der Waals surface area contributed by atoms with Gasteiger partial charge in [-0.2, -0.15) is 0 Å². The minimum atomic E-state index is -0.889. The molecule has 1 N–H and O–H groups in total. The monoisotopic (exact) mass is 279 g/mol. The molecule has 0 saturated carbocycles. The van der Waals surface area contributed by atoms with Crippen LogP contribution >= 0.6 is 0 Å². The van der Waals surface area contributed by atoms with Gasteiger partial charge in [0.25, 0.3) is 0 Å². The summed E-state index contributed by atoms with van der Waals surface area (Å²) in [7, 11) is 1.66. The fourth-order valence-corrected chi connectivity index (χ4v) is 2.58. The Hall–Kier alpha value is -1.81. The fourth-order valence-electron chi connectivity index (χ4n) is 2.58. The van der Waals surface area contributed by atoms with Crippen molar-refractivity contribution in [2.45, 2.75) is 19.9 Å². The Morgan fingerprint density at radius 3 is 2.15 bits per heavy atom. The molecule has 20 heavy (non-hydrogen) atoms. The Morgan fingerprint density at radius 2 is 1.60 bits per heavy atom. The van der Waals surface area contributed by atoms with Crippen LogP contribution in [0.15, 0.2) is 30.3 Å². The van der Waals surface area contributed by atoms with E-state index >= 15 is 0 Å². The average Bonchev–Trinajstić information content (AvgIpc) is 2.37. The first-order valence-corrected chi connectivity index (χ1v) is 6.33. The molecule has 0 spiro atoms. The van der Waals surface area contributed by atoms with Gasteiger partial charge in [0, 0.05) is 5.56 Å². The third kappa shape index (κ3) is 2.56. The molecule has 0 radical (unpaired) electrons. The second kappa shape index (κ2) is 5.67. The van der Waals surface area contributed by atoms with E-state index in [0.717, 1.165) is 11.6 Å². The number of hydrogen-bond acceptors (Lipinski definition) is 1. The Morgan fingerprint density at radius 1 is 1.00 bits per heavy atom. The molecule has 2 aromatic carbocycles. The van der Waals surface area contributed by atoms with E-state index in [1.54, 1.807) is 20.9 Å². The molecule has 1 nitrogen and oxygen atoms in total. The summed E-state index contributed by atoms with van der Waals surface area (Å²) in [5.74, 6) is -2.10. The zero-order chi connectivity index (χ0) is 14.9. The Balaban J connectivity index is 2.62. The van der Waals surface area contributed by atoms with Gasteiger partial charge in [-0.05, 0) is 55.8 Å². The van der Waals surface area contributed by atoms with Gasteiger partial charge in [0.05, 0.1) is 6.04 Å². The van der Waals surface area contributed by atoms with Crippen molar-refractivity contribution in [3.05, 3.63) is 70.0 Å². The lowest BCUT2D eigenvalue weighted by atomic mass is 9.91. The van der Waals surface area contributed by atoms with Crippen molar-refractivity contribution >= 4 is 0 Å². The van der Waals surface area contributed by atoms with Gasteiger partial charge >= 0.3 is 0 Å². The molecule has 2 aromatic rings. The summed E-state index contributed by atoms with van der Waals surface area (Å²) in [4.78, 5) is 0. The zero-order valence-electron chi connectivity index (χ0n) is 11.6. The summed E-state index contributed by atoms with van der Waals surface area (Å²) in [6, 6.07) is 6.34. The number of benzene rings is 2. The third-order valence-corrected chi connectivity index (χ3v) is 3.43. The second-order valence-corrected chi connectivity index (χ2v) is 4.82. The zero-order valence-corrected chi connectivity index (χ0v) is 11.6. The van der Waals surface area contributed by atoms with E-state index < -0.39 is 17.7 Å². The summed E-state index contributed by atoms with van der Waals surface area (Å²) in [6.07, 6.45) is 0. The maximum absolute atomic E-state index is 14.0. The van der Waals surface area contributed by atoms with E-state index in [9.17, 15) is 13.2 Å². The average molecular weight is 279 g/mol. The standard InChI is InChI=1S/C16H16F3N/c1-9-7-11(17)8-10(2)14(9)16(20-3)12-5-4-6-13(18)15(12)19/h4-8,16,20H,1-3H3. The van der Waals surface area contributed by atoms with Crippen LogP contribution in [0.3, 0.4) is 0 Å². The lowest BCUT2D eigenvalue weighted by Gasteiger charge is -2.22. The molecular weight excluding hydrogens is 263 g/mol. The highest BCUT2D eigenvalue weighted by atomic mass is 19.2. The Kier molecular flexibility index (Phi) is 4.14. The van der Waals surface area contributed by atoms with Crippen LogP contribution in [0.4, 0.5) is 13.2 Å². The van der Waals surface area contributed by atoms with Gasteiger partial charge in [-0.3, -0.25) is 0 Å². The maximum Gasteiger partial charge on any atom is 0.163 e. The number of halogens is 3. The first-order chi connectivity index (χ1) is 9.45. The van der Waals surface area contributed by atoms with Crippen molar-refractivity contribution in [3.8, 4) is 0 Å². The van der Waals surface area contributed by atoms with Crippen molar-refractivity contribution in [1.82, 2.24) is 5.32 Å². The predicted octanol–water partition coefficient (Wildman–Crippen LogP) is 4.03. The Bertz CT molecular complexity index is 615. The topological polar surface area (TPSA) is 12.0 Å². The van der Waals surface area contributed by atoms with Gasteiger partial charge in [0.1, 0.15) is 5.82 Å². The van der Waals surface area contributed by atoms with Crippen LogP contribution in [0, 0.1) is 31.3 Å². The number of hydrogen-bond donors (Lipinski definition) is 1. The van der Waals surface area contributed by atoms with Crippen LogP contribution in [0.25, 0.3) is 0 Å². The van der Waals surface area contributed by atoms with Gasteiger partial charge in [-0.15, -0.1) is 0 Å². The van der Waals surface area contributed by atoms with E-state index in [-0.39, 0.29) is 11.4 Å². The molecule has 0 saturated heterocycles. The van der Waals surface area contributed by atoms with E-state index in [1.165, 1.54) is 24.3 Å². The summed E-state index contributed by atoms with van der Waals surface area (Å²) in [6.45, 7) is 3.51. The van der Waals surface area contributed by atoms with Crippen LogP contribution < -0.4 is 5.32 Å². The summed E-state index contributed by atoms with van der Waals surface area (Å²) in [5.41, 5.74) is 2.37. The molecule has 106 valence electrons. The molecule has 0 bridgehead atoms. The summed E-state index contributed by atoms with van der Waals surface area (Å²) in [5, 5.41) is 2.97. The molecule has 0 aliphatic carbocycles. The van der Waals surface area contributed by atoms with E-state index in [4.69, 9.17) is 0 Å². The third-order valence-electron chi connectivity index (χ3n) is 3.43. The van der Waals surface area contributed by atoms with E-state index in [0.29, 0.717) is 11.1 Å². The highest BCUT2D eigenvalue weighted by molar-refractivity contribution is 5.42. The normalized spacial score (nSPS) is 12.5. The predicted molar refractivity (Wildman–Crippen MR) is 73.1 cm³/mol. The van der Waals surface area contributed by atoms with E-state index in [2.05, 4.69) is 5.32 Å². The van der Waals surface area contributed by atoms with Crippen molar-refractivity contribution in [3.63, 3.8) is 0 Å². The van der Waals surface area contributed by atoms with Crippen LogP contribution in [0.1, 0.15) is 28.3 Å². The number of rotatable bonds is 3. The molecular formula is C16H16F3N. The smallest absolute Gasteiger partial charge is 0.163 e. The minimum Gasteiger partial charge on any atom is -0.309 e. The van der Waals surface area contributed by atoms with Crippen molar-refractivity contribution in [1.29, 1.82) is 0 Å². The van der Waals surface area contributed by atoms with Crippen molar-refractivity contribution in [2.75, 3.05) is 7.05 Å². The van der Waals surface area contributed by atoms with Gasteiger partial charge in [-0.1, -0.05) is 12.1 Å². The fraction of sp³-hybridized carbons (Fsp3) is 0.250. The number of aryl methyl sites for hydroxylation is 2. The molecule has 0 heterocycles. The van der Waals surface area contributed by atoms with Crippen molar-refractivity contribution < 1.29 is 13.2 Å². The highest BCUT2D eigenvalue weighted by Crippen LogP contribution is 2.30. The van der Waals surface area contributed by atoms with Crippen LogP contribution in [0.2, 0.25) is 0 Å². The largest absolute Gasteiger partial charge is 0.309 e. The van der Waals surface area contributed by atoms with Gasteiger partial charge < -0.3 is 5.32 Å². The van der Waals surface area contributed by atoms with Gasteiger partial charge in [0.15, 0.2) is 11.6 Å². The lowest BCUT2D eigenvalue weighted by Crippen LogP contribution is -2.21. The molecule has 0 aliphatic heterocycles. The molecule has 0 amide bonds. The molecule has 0 aliphatic rings. The number of nitrogens with one attached hydrogen (secondary N) is 1. The summed E-state index contributed by atoms with van der Waals surface area (Å²) >= 11 is 0. The van der Waals surface area contributed by atoms with Crippen molar-refractivity contribution in [2.24, 2.45) is 0 Å². The molecule has 2 rings (SSSR count). The van der Waals surface area contributed by atoms with Crippen LogP contribution in [0.5, 0.6) is 0 Å². The second-order valence-electron chi connectivity index (χ2n) is 4.82. The molecule has 0 fully saturated rings. The molecule has 0 aromatic heterocycles. The highest BCUT2D eigenvalue weighted by Gasteiger charge is 2.22. The van der Waals surface area contributed by atoms with E-state index in [1.807, 2.05) is 0 Å². The molecule has 1 unspecified atom stereocenters. The Labute approximate surface area is 116 Å². The molecule has 4 heteroatoms. The van der Waals surface area contributed by atoms with Crippen LogP contribution in [-0.4, -0.2) is 7.05 Å². The SMILES string of the molecule is CNC(c1cccc(F)c1F)c1c(C)cc(F)cc1C. The first kappa shape index (κ1) is 14.6. The quantitative estimate of drug-likeness (QED) is 0.894. The lowest BCUT2D eigenvalue weighted by molar-refractivity contribution is 0.486.